The normalized spacial score (nSPS) is 19.2. The lowest BCUT2D eigenvalue weighted by Crippen LogP contribution is -2.55. The summed E-state index contributed by atoms with van der Waals surface area (Å²) in [5.74, 6) is -0.845. The summed E-state index contributed by atoms with van der Waals surface area (Å²) in [7, 11) is 0. The van der Waals surface area contributed by atoms with Gasteiger partial charge in [-0.25, -0.2) is 5.01 Å². The molecule has 10 heteroatoms. The number of fused-ring (bicyclic) bond motifs is 1. The molecule has 4 rings (SSSR count). The van der Waals surface area contributed by atoms with Crippen LogP contribution >= 0.6 is 23.2 Å². The second-order valence-corrected chi connectivity index (χ2v) is 8.71. The van der Waals surface area contributed by atoms with E-state index in [1.807, 2.05) is 38.1 Å². The Bertz CT molecular complexity index is 1170. The lowest BCUT2D eigenvalue weighted by Gasteiger charge is -2.29. The smallest absolute Gasteiger partial charge is 0.291 e. The van der Waals surface area contributed by atoms with Crippen LogP contribution in [0, 0.1) is 5.92 Å². The quantitative estimate of drug-likeness (QED) is 0.508. The summed E-state index contributed by atoms with van der Waals surface area (Å²) in [6.07, 6.45) is 0.967. The van der Waals surface area contributed by atoms with Gasteiger partial charge < -0.3 is 21.5 Å². The van der Waals surface area contributed by atoms with Crippen molar-refractivity contribution in [2.75, 3.05) is 10.3 Å². The van der Waals surface area contributed by atoms with Crippen LogP contribution in [0.5, 0.6) is 0 Å². The minimum absolute atomic E-state index is 0.113. The number of allylic oxidation sites excluding steroid dienone is 1. The number of rotatable bonds is 4. The lowest BCUT2D eigenvalue weighted by molar-refractivity contribution is -0.118. The van der Waals surface area contributed by atoms with E-state index < -0.39 is 12.3 Å². The van der Waals surface area contributed by atoms with Gasteiger partial charge in [0.05, 0.1) is 5.69 Å². The Morgan fingerprint density at radius 1 is 1.19 bits per heavy atom. The SMILES string of the molecule is CC(C)/C=C1\C(=O)Nc2ccc(Cc3c(Cl)cc(N4N=C(N)C(=O)NC4O)cc3Cl)cc21. The molecule has 2 aromatic carbocycles. The van der Waals surface area contributed by atoms with E-state index in [1.165, 1.54) is 0 Å². The molecule has 0 aliphatic carbocycles. The summed E-state index contributed by atoms with van der Waals surface area (Å²) in [6.45, 7) is 4.04. The van der Waals surface area contributed by atoms with Crippen LogP contribution in [0.3, 0.4) is 0 Å². The number of nitrogens with two attached hydrogens (primary N) is 1. The second kappa shape index (κ2) is 8.46. The average molecular weight is 474 g/mol. The van der Waals surface area contributed by atoms with Crippen LogP contribution in [0.25, 0.3) is 5.57 Å². The van der Waals surface area contributed by atoms with Crippen molar-refractivity contribution in [1.29, 1.82) is 0 Å². The highest BCUT2D eigenvalue weighted by Crippen LogP contribution is 2.37. The van der Waals surface area contributed by atoms with Gasteiger partial charge in [-0.3, -0.25) is 9.59 Å². The molecule has 0 bridgehead atoms. The molecular formula is C22H21Cl2N5O3. The molecule has 166 valence electrons. The van der Waals surface area contributed by atoms with Gasteiger partial charge in [0.15, 0.2) is 0 Å². The van der Waals surface area contributed by atoms with Crippen LogP contribution in [0.4, 0.5) is 11.4 Å². The van der Waals surface area contributed by atoms with Crippen LogP contribution < -0.4 is 21.4 Å². The number of carbonyl (C=O) groups excluding carboxylic acids is 2. The zero-order valence-electron chi connectivity index (χ0n) is 17.3. The van der Waals surface area contributed by atoms with Gasteiger partial charge in [-0.05, 0) is 41.3 Å². The van der Waals surface area contributed by atoms with Crippen molar-refractivity contribution in [3.63, 3.8) is 0 Å². The standard InChI is InChI=1S/C22H21Cl2N5O3/c1-10(2)5-14-13-6-11(3-4-18(13)26-20(14)30)7-15-16(23)8-12(9-17(15)24)29-22(32)27-21(31)19(25)28-29/h3-6,8-10,22,32H,7H2,1-2H3,(H2,25,28)(H,26,30)(H,27,31)/b14-5-. The Balaban J connectivity index is 1.65. The fraction of sp³-hybridized carbons (Fsp3) is 0.227. The van der Waals surface area contributed by atoms with Gasteiger partial charge in [0.25, 0.3) is 11.8 Å². The first kappa shape index (κ1) is 22.1. The molecule has 0 aromatic heterocycles. The second-order valence-electron chi connectivity index (χ2n) is 7.90. The number of benzene rings is 2. The van der Waals surface area contributed by atoms with E-state index in [-0.39, 0.29) is 17.7 Å². The van der Waals surface area contributed by atoms with Crippen molar-refractivity contribution in [2.24, 2.45) is 16.8 Å². The number of nitrogens with one attached hydrogen (secondary N) is 2. The van der Waals surface area contributed by atoms with Crippen molar-refractivity contribution >= 4 is 57.8 Å². The van der Waals surface area contributed by atoms with E-state index in [2.05, 4.69) is 15.7 Å². The number of hydrogen-bond acceptors (Lipinski definition) is 6. The molecule has 0 radical (unpaired) electrons. The molecule has 32 heavy (non-hydrogen) atoms. The molecule has 1 unspecified atom stereocenters. The van der Waals surface area contributed by atoms with E-state index in [0.29, 0.717) is 33.3 Å². The van der Waals surface area contributed by atoms with Gasteiger partial charge in [-0.2, -0.15) is 0 Å². The Morgan fingerprint density at radius 3 is 2.53 bits per heavy atom. The van der Waals surface area contributed by atoms with E-state index >= 15 is 0 Å². The first-order valence-electron chi connectivity index (χ1n) is 9.90. The molecule has 0 saturated carbocycles. The van der Waals surface area contributed by atoms with E-state index in [9.17, 15) is 14.7 Å². The highest BCUT2D eigenvalue weighted by molar-refractivity contribution is 6.38. The number of halogens is 2. The van der Waals surface area contributed by atoms with Gasteiger partial charge in [0.1, 0.15) is 0 Å². The number of aliphatic hydroxyl groups is 1. The number of amidine groups is 1. The minimum Gasteiger partial charge on any atom is -0.378 e. The summed E-state index contributed by atoms with van der Waals surface area (Å²) >= 11 is 13.0. The summed E-state index contributed by atoms with van der Waals surface area (Å²) in [6, 6.07) is 8.90. The molecule has 2 heterocycles. The van der Waals surface area contributed by atoms with Crippen molar-refractivity contribution < 1.29 is 14.7 Å². The average Bonchev–Trinajstić information content (AvgIpc) is 3.01. The van der Waals surface area contributed by atoms with Gasteiger partial charge in [0.2, 0.25) is 12.2 Å². The third-order valence-corrected chi connectivity index (χ3v) is 5.75. The zero-order chi connectivity index (χ0) is 23.2. The monoisotopic (exact) mass is 473 g/mol. The number of amides is 2. The van der Waals surface area contributed by atoms with Crippen LogP contribution in [-0.4, -0.2) is 29.1 Å². The largest absolute Gasteiger partial charge is 0.378 e. The highest BCUT2D eigenvalue weighted by atomic mass is 35.5. The van der Waals surface area contributed by atoms with Gasteiger partial charge in [-0.15, -0.1) is 5.10 Å². The Kier molecular flexibility index (Phi) is 5.85. The molecule has 0 fully saturated rings. The lowest BCUT2D eigenvalue weighted by atomic mass is 9.97. The summed E-state index contributed by atoms with van der Waals surface area (Å²) in [5.41, 5.74) is 9.81. The molecule has 5 N–H and O–H groups in total. The van der Waals surface area contributed by atoms with Crippen LogP contribution in [0.15, 0.2) is 41.5 Å². The molecular weight excluding hydrogens is 453 g/mol. The molecule has 1 atom stereocenters. The van der Waals surface area contributed by atoms with Crippen molar-refractivity contribution in [2.45, 2.75) is 26.6 Å². The first-order valence-corrected chi connectivity index (χ1v) is 10.7. The highest BCUT2D eigenvalue weighted by Gasteiger charge is 2.28. The number of nitrogens with zero attached hydrogens (tertiary/aromatic N) is 2. The fourth-order valence-electron chi connectivity index (χ4n) is 3.61. The number of anilines is 2. The topological polar surface area (TPSA) is 120 Å². The van der Waals surface area contributed by atoms with Crippen molar-refractivity contribution in [3.05, 3.63) is 63.1 Å². The molecule has 0 saturated heterocycles. The molecule has 0 spiro atoms. The Labute approximate surface area is 194 Å². The summed E-state index contributed by atoms with van der Waals surface area (Å²) < 4.78 is 0. The fourth-order valence-corrected chi connectivity index (χ4v) is 4.22. The predicted octanol–water partition coefficient (Wildman–Crippen LogP) is 3.06. The molecule has 8 nitrogen and oxygen atoms in total. The van der Waals surface area contributed by atoms with E-state index in [4.69, 9.17) is 28.9 Å². The number of hydrazone groups is 1. The van der Waals surface area contributed by atoms with Gasteiger partial charge in [0, 0.05) is 33.3 Å². The Hall–Kier alpha value is -3.07. The molecule has 2 aliphatic rings. The zero-order valence-corrected chi connectivity index (χ0v) is 18.8. The maximum atomic E-state index is 12.3. The third-order valence-electron chi connectivity index (χ3n) is 5.08. The summed E-state index contributed by atoms with van der Waals surface area (Å²) in [4.78, 5) is 23.8. The third kappa shape index (κ3) is 4.17. The van der Waals surface area contributed by atoms with Crippen LogP contribution in [0.2, 0.25) is 10.0 Å². The Morgan fingerprint density at radius 2 is 1.88 bits per heavy atom. The summed E-state index contributed by atoms with van der Waals surface area (Å²) in [5, 5.41) is 21.0. The molecule has 2 amide bonds. The minimum atomic E-state index is -1.40. The van der Waals surface area contributed by atoms with Crippen LogP contribution in [0.1, 0.15) is 30.5 Å². The predicted molar refractivity (Wildman–Crippen MR) is 125 cm³/mol. The van der Waals surface area contributed by atoms with Gasteiger partial charge >= 0.3 is 0 Å². The maximum Gasteiger partial charge on any atom is 0.291 e. The number of aliphatic hydroxyl groups excluding tert-OH is 1. The molecule has 2 aliphatic heterocycles. The van der Waals surface area contributed by atoms with Crippen LogP contribution in [-0.2, 0) is 16.0 Å². The number of carbonyl (C=O) groups is 2. The van der Waals surface area contributed by atoms with E-state index in [0.717, 1.165) is 21.8 Å². The number of hydrogen-bond donors (Lipinski definition) is 4. The van der Waals surface area contributed by atoms with Gasteiger partial charge in [-0.1, -0.05) is 49.2 Å². The maximum absolute atomic E-state index is 12.3. The van der Waals surface area contributed by atoms with Crippen molar-refractivity contribution in [1.82, 2.24) is 5.32 Å². The van der Waals surface area contributed by atoms with Crippen molar-refractivity contribution in [3.8, 4) is 0 Å². The molecule has 2 aromatic rings. The first-order chi connectivity index (χ1) is 15.1. The van der Waals surface area contributed by atoms with E-state index in [1.54, 1.807) is 12.1 Å².